The summed E-state index contributed by atoms with van der Waals surface area (Å²) in [5.41, 5.74) is 2.52. The molecule has 1 aromatic carbocycles. The zero-order valence-corrected chi connectivity index (χ0v) is 21.7. The van der Waals surface area contributed by atoms with Gasteiger partial charge in [-0.05, 0) is 37.6 Å². The van der Waals surface area contributed by atoms with Gasteiger partial charge in [-0.3, -0.25) is 9.25 Å². The third-order valence-electron chi connectivity index (χ3n) is 6.50. The standard InChI is InChI=1S/C25H22F3N9.H2S/c1-14-11-29-24(31-20-7-8-30-35(20)3)32-21(14)16-9-19-22-33-34-23(37(22)15(2)12-36(19)13-16)25(27,28)17-5-4-6-18(26)10-17;/h4-11,13,15H,12H2,1-3H3,(H,29,31,32);1H2/t15-;/m0./s1. The van der Waals surface area contributed by atoms with Crippen LogP contribution in [0, 0.1) is 12.7 Å². The van der Waals surface area contributed by atoms with Crippen LogP contribution in [0.25, 0.3) is 22.8 Å². The van der Waals surface area contributed by atoms with E-state index in [1.165, 1.54) is 16.7 Å². The molecule has 5 aromatic rings. The fourth-order valence-electron chi connectivity index (χ4n) is 4.66. The second-order valence-electron chi connectivity index (χ2n) is 9.11. The highest BCUT2D eigenvalue weighted by molar-refractivity contribution is 7.59. The van der Waals surface area contributed by atoms with Crippen LogP contribution in [0.5, 0.6) is 0 Å². The molecule has 0 saturated carbocycles. The number of hydrogen-bond acceptors (Lipinski definition) is 6. The number of hydrogen-bond donors (Lipinski definition) is 1. The van der Waals surface area contributed by atoms with Crippen molar-refractivity contribution in [3.63, 3.8) is 0 Å². The Morgan fingerprint density at radius 2 is 1.95 bits per heavy atom. The maximum atomic E-state index is 15.5. The number of fused-ring (bicyclic) bond motifs is 3. The molecule has 0 aliphatic carbocycles. The first-order chi connectivity index (χ1) is 17.7. The number of nitrogens with one attached hydrogen (secondary N) is 1. The fraction of sp³-hybridized carbons (Fsp3) is 0.240. The topological polar surface area (TPSA) is 91.3 Å². The van der Waals surface area contributed by atoms with E-state index in [1.807, 2.05) is 43.8 Å². The first kappa shape index (κ1) is 25.5. The summed E-state index contributed by atoms with van der Waals surface area (Å²) in [6.45, 7) is 4.16. The number of halogens is 3. The molecule has 6 rings (SSSR count). The minimum atomic E-state index is -3.52. The summed E-state index contributed by atoms with van der Waals surface area (Å²) in [7, 11) is 1.81. The third-order valence-corrected chi connectivity index (χ3v) is 6.50. The van der Waals surface area contributed by atoms with E-state index in [2.05, 4.69) is 25.6 Å². The molecule has 1 N–H and O–H groups in total. The normalized spacial score (nSPS) is 14.5. The Morgan fingerprint density at radius 1 is 1.13 bits per heavy atom. The summed E-state index contributed by atoms with van der Waals surface area (Å²) in [6, 6.07) is 7.71. The van der Waals surface area contributed by atoms with Crippen LogP contribution in [-0.2, 0) is 19.5 Å². The zero-order valence-electron chi connectivity index (χ0n) is 20.7. The molecule has 1 atom stereocenters. The summed E-state index contributed by atoms with van der Waals surface area (Å²) in [5, 5.41) is 15.3. The number of alkyl halides is 2. The van der Waals surface area contributed by atoms with Crippen molar-refractivity contribution < 1.29 is 13.2 Å². The van der Waals surface area contributed by atoms with Crippen LogP contribution < -0.4 is 5.32 Å². The Labute approximate surface area is 222 Å². The summed E-state index contributed by atoms with van der Waals surface area (Å²) in [6.07, 6.45) is 5.32. The highest BCUT2D eigenvalue weighted by Gasteiger charge is 2.43. The first-order valence-electron chi connectivity index (χ1n) is 11.6. The SMILES string of the molecule is Cc1cnc(Nc2ccnn2C)nc1-c1cc2n(c1)C[C@H](C)n1c-2nnc1C(F)(F)c1cccc(F)c1.S. The van der Waals surface area contributed by atoms with Gasteiger partial charge in [0, 0.05) is 43.2 Å². The molecule has 0 bridgehead atoms. The average molecular weight is 540 g/mol. The van der Waals surface area contributed by atoms with Gasteiger partial charge in [0.2, 0.25) is 11.8 Å². The minimum Gasteiger partial charge on any atom is -0.342 e. The molecule has 38 heavy (non-hydrogen) atoms. The molecule has 1 aliphatic rings. The molecule has 0 fully saturated rings. The van der Waals surface area contributed by atoms with Gasteiger partial charge in [-0.2, -0.15) is 27.4 Å². The molecule has 1 aliphatic heterocycles. The maximum absolute atomic E-state index is 15.5. The van der Waals surface area contributed by atoms with Crippen molar-refractivity contribution in [1.29, 1.82) is 0 Å². The zero-order chi connectivity index (χ0) is 25.9. The van der Waals surface area contributed by atoms with Crippen LogP contribution in [0.2, 0.25) is 0 Å². The van der Waals surface area contributed by atoms with E-state index < -0.39 is 23.1 Å². The molecule has 0 amide bonds. The quantitative estimate of drug-likeness (QED) is 0.340. The lowest BCUT2D eigenvalue weighted by atomic mass is 10.1. The van der Waals surface area contributed by atoms with Crippen molar-refractivity contribution in [3.8, 4) is 22.8 Å². The molecule has 196 valence electrons. The number of nitrogens with zero attached hydrogens (tertiary/aromatic N) is 8. The number of anilines is 2. The van der Waals surface area contributed by atoms with Crippen molar-refractivity contribution in [3.05, 3.63) is 77.8 Å². The number of aromatic nitrogens is 8. The second-order valence-corrected chi connectivity index (χ2v) is 9.11. The van der Waals surface area contributed by atoms with Gasteiger partial charge in [0.15, 0.2) is 5.82 Å². The molecule has 5 heterocycles. The van der Waals surface area contributed by atoms with Crippen LogP contribution in [-0.4, -0.2) is 39.1 Å². The van der Waals surface area contributed by atoms with Crippen LogP contribution in [0.15, 0.2) is 55.0 Å². The van der Waals surface area contributed by atoms with Gasteiger partial charge in [0.05, 0.1) is 23.6 Å². The summed E-state index contributed by atoms with van der Waals surface area (Å²) >= 11 is 0. The Kier molecular flexibility index (Phi) is 6.25. The van der Waals surface area contributed by atoms with Crippen molar-refractivity contribution >= 4 is 25.3 Å². The van der Waals surface area contributed by atoms with Gasteiger partial charge in [0.1, 0.15) is 11.6 Å². The van der Waals surface area contributed by atoms with Gasteiger partial charge in [-0.25, -0.2) is 14.4 Å². The van der Waals surface area contributed by atoms with E-state index in [4.69, 9.17) is 4.98 Å². The van der Waals surface area contributed by atoms with Crippen molar-refractivity contribution in [2.24, 2.45) is 7.05 Å². The van der Waals surface area contributed by atoms with Crippen molar-refractivity contribution in [2.45, 2.75) is 32.4 Å². The predicted molar refractivity (Wildman–Crippen MR) is 140 cm³/mol. The fourth-order valence-corrected chi connectivity index (χ4v) is 4.66. The van der Waals surface area contributed by atoms with E-state index in [9.17, 15) is 4.39 Å². The highest BCUT2D eigenvalue weighted by atomic mass is 32.1. The maximum Gasteiger partial charge on any atom is 0.332 e. The van der Waals surface area contributed by atoms with Crippen LogP contribution >= 0.6 is 13.5 Å². The Balaban J connectivity index is 0.00000294. The second kappa shape index (κ2) is 9.31. The lowest BCUT2D eigenvalue weighted by Crippen LogP contribution is -2.28. The lowest BCUT2D eigenvalue weighted by molar-refractivity contribution is 0.0265. The van der Waals surface area contributed by atoms with E-state index in [0.717, 1.165) is 29.1 Å². The molecular weight excluding hydrogens is 515 g/mol. The minimum absolute atomic E-state index is 0. The van der Waals surface area contributed by atoms with E-state index in [1.54, 1.807) is 17.1 Å². The lowest BCUT2D eigenvalue weighted by Gasteiger charge is -2.27. The molecule has 0 radical (unpaired) electrons. The number of rotatable bonds is 5. The van der Waals surface area contributed by atoms with Crippen LogP contribution in [0.3, 0.4) is 0 Å². The van der Waals surface area contributed by atoms with Gasteiger partial charge in [0.25, 0.3) is 0 Å². The van der Waals surface area contributed by atoms with Crippen LogP contribution in [0.4, 0.5) is 24.9 Å². The van der Waals surface area contributed by atoms with Crippen molar-refractivity contribution in [2.75, 3.05) is 5.32 Å². The molecule has 9 nitrogen and oxygen atoms in total. The van der Waals surface area contributed by atoms with Crippen LogP contribution in [0.1, 0.15) is 29.9 Å². The molecule has 13 heteroatoms. The summed E-state index contributed by atoms with van der Waals surface area (Å²) in [4.78, 5) is 9.06. The van der Waals surface area contributed by atoms with Gasteiger partial charge < -0.3 is 9.88 Å². The average Bonchev–Trinajstić information content (AvgIpc) is 3.59. The Bertz CT molecular complexity index is 1640. The smallest absolute Gasteiger partial charge is 0.332 e. The number of benzene rings is 1. The van der Waals surface area contributed by atoms with E-state index in [0.29, 0.717) is 29.7 Å². The third kappa shape index (κ3) is 4.12. The predicted octanol–water partition coefficient (Wildman–Crippen LogP) is 4.96. The van der Waals surface area contributed by atoms with Gasteiger partial charge in [-0.15, -0.1) is 10.2 Å². The van der Waals surface area contributed by atoms with E-state index >= 15 is 8.78 Å². The molecular formula is C25H24F3N9S. The van der Waals surface area contributed by atoms with E-state index in [-0.39, 0.29) is 19.5 Å². The molecule has 0 unspecified atom stereocenters. The number of aryl methyl sites for hydroxylation is 2. The largest absolute Gasteiger partial charge is 0.342 e. The Morgan fingerprint density at radius 3 is 2.68 bits per heavy atom. The van der Waals surface area contributed by atoms with Crippen molar-refractivity contribution in [1.82, 2.24) is 39.1 Å². The van der Waals surface area contributed by atoms with Gasteiger partial charge in [-0.1, -0.05) is 12.1 Å². The van der Waals surface area contributed by atoms with Gasteiger partial charge >= 0.3 is 5.92 Å². The molecule has 0 spiro atoms. The molecule has 4 aromatic heterocycles. The first-order valence-corrected chi connectivity index (χ1v) is 11.6. The highest BCUT2D eigenvalue weighted by Crippen LogP contribution is 2.41. The summed E-state index contributed by atoms with van der Waals surface area (Å²) in [5.74, 6) is -3.32. The summed E-state index contributed by atoms with van der Waals surface area (Å²) < 4.78 is 49.7. The monoisotopic (exact) mass is 539 g/mol. The Hall–Kier alpha value is -4.13. The molecule has 0 saturated heterocycles.